The van der Waals surface area contributed by atoms with Gasteiger partial charge in [-0.15, -0.1) is 0 Å². The van der Waals surface area contributed by atoms with Crippen LogP contribution in [0, 0.1) is 22.9 Å². The van der Waals surface area contributed by atoms with Crippen LogP contribution in [-0.4, -0.2) is 17.9 Å². The fourth-order valence-electron chi connectivity index (χ4n) is 1.15. The first-order valence-electron chi connectivity index (χ1n) is 4.38. The summed E-state index contributed by atoms with van der Waals surface area (Å²) in [6, 6.07) is 1.85. The minimum absolute atomic E-state index is 0.107. The van der Waals surface area contributed by atoms with Crippen molar-refractivity contribution in [3.8, 4) is 0 Å². The van der Waals surface area contributed by atoms with Crippen molar-refractivity contribution in [3.63, 3.8) is 0 Å². The van der Waals surface area contributed by atoms with Gasteiger partial charge in [0.15, 0.2) is 0 Å². The molecule has 4 nitrogen and oxygen atoms in total. The zero-order valence-corrected chi connectivity index (χ0v) is 8.34. The predicted octanol–water partition coefficient (Wildman–Crippen LogP) is 2.72. The van der Waals surface area contributed by atoms with Crippen LogP contribution in [0.1, 0.15) is 5.56 Å². The maximum atomic E-state index is 13.0. The first kappa shape index (κ1) is 12.3. The van der Waals surface area contributed by atoms with Gasteiger partial charge in [-0.3, -0.25) is 10.1 Å². The lowest BCUT2D eigenvalue weighted by atomic mass is 10.2. The van der Waals surface area contributed by atoms with Crippen molar-refractivity contribution in [3.05, 3.63) is 33.6 Å². The van der Waals surface area contributed by atoms with E-state index in [2.05, 4.69) is 5.32 Å². The number of nitrogens with one attached hydrogen (secondary N) is 1. The highest BCUT2D eigenvalue weighted by molar-refractivity contribution is 5.63. The Morgan fingerprint density at radius 3 is 2.62 bits per heavy atom. The summed E-state index contributed by atoms with van der Waals surface area (Å²) in [7, 11) is 0. The van der Waals surface area contributed by atoms with E-state index in [1.165, 1.54) is 6.92 Å². The first-order valence-corrected chi connectivity index (χ1v) is 4.38. The number of nitro groups is 1. The summed E-state index contributed by atoms with van der Waals surface area (Å²) in [5, 5.41) is 12.7. The molecule has 0 aromatic heterocycles. The molecule has 1 aromatic carbocycles. The number of anilines is 1. The van der Waals surface area contributed by atoms with Gasteiger partial charge in [-0.1, -0.05) is 0 Å². The van der Waals surface area contributed by atoms with Gasteiger partial charge in [0, 0.05) is 0 Å². The Kier molecular flexibility index (Phi) is 3.70. The van der Waals surface area contributed by atoms with Gasteiger partial charge in [-0.05, 0) is 18.6 Å². The van der Waals surface area contributed by atoms with Crippen LogP contribution >= 0.6 is 0 Å². The normalized spacial score (nSPS) is 10.6. The number of halogens is 3. The standard InChI is InChI=1S/C9H9F3N2O2/c1-5-2-7(13-4-9(11)12)8(14(15)16)3-6(5)10/h2-3,9,13H,4H2,1H3. The third-order valence-corrected chi connectivity index (χ3v) is 1.92. The van der Waals surface area contributed by atoms with E-state index in [-0.39, 0.29) is 11.3 Å². The van der Waals surface area contributed by atoms with Crippen molar-refractivity contribution < 1.29 is 18.1 Å². The van der Waals surface area contributed by atoms with Crippen LogP contribution < -0.4 is 5.32 Å². The molecule has 1 rings (SSSR count). The lowest BCUT2D eigenvalue weighted by Crippen LogP contribution is -2.12. The lowest BCUT2D eigenvalue weighted by Gasteiger charge is -2.07. The molecule has 1 aromatic rings. The molecule has 0 spiro atoms. The quantitative estimate of drug-likeness (QED) is 0.643. The van der Waals surface area contributed by atoms with Gasteiger partial charge in [0.2, 0.25) is 0 Å². The second-order valence-corrected chi connectivity index (χ2v) is 3.15. The Bertz CT molecular complexity index is 410. The van der Waals surface area contributed by atoms with E-state index in [1.54, 1.807) is 0 Å². The Morgan fingerprint density at radius 2 is 2.12 bits per heavy atom. The molecule has 0 aliphatic rings. The van der Waals surface area contributed by atoms with E-state index < -0.39 is 29.4 Å². The van der Waals surface area contributed by atoms with Crippen LogP contribution in [0.5, 0.6) is 0 Å². The molecule has 0 aliphatic carbocycles. The second kappa shape index (κ2) is 4.82. The molecule has 0 saturated heterocycles. The van der Waals surface area contributed by atoms with Crippen molar-refractivity contribution in [2.24, 2.45) is 0 Å². The van der Waals surface area contributed by atoms with Gasteiger partial charge in [-0.25, -0.2) is 13.2 Å². The average Bonchev–Trinajstić information content (AvgIpc) is 2.18. The van der Waals surface area contributed by atoms with E-state index in [0.717, 1.165) is 6.07 Å². The molecular formula is C9H9F3N2O2. The van der Waals surface area contributed by atoms with Crippen LogP contribution in [0.25, 0.3) is 0 Å². The van der Waals surface area contributed by atoms with Crippen LogP contribution in [0.3, 0.4) is 0 Å². The maximum absolute atomic E-state index is 13.0. The Morgan fingerprint density at radius 1 is 1.50 bits per heavy atom. The molecule has 0 amide bonds. The smallest absolute Gasteiger partial charge is 0.295 e. The van der Waals surface area contributed by atoms with Gasteiger partial charge in [0.1, 0.15) is 11.5 Å². The molecule has 0 heterocycles. The van der Waals surface area contributed by atoms with Crippen LogP contribution in [0.15, 0.2) is 12.1 Å². The van der Waals surface area contributed by atoms with E-state index in [4.69, 9.17) is 0 Å². The van der Waals surface area contributed by atoms with E-state index >= 15 is 0 Å². The third kappa shape index (κ3) is 2.85. The fourth-order valence-corrected chi connectivity index (χ4v) is 1.15. The summed E-state index contributed by atoms with van der Waals surface area (Å²) in [6.07, 6.45) is -2.63. The number of nitro benzene ring substituents is 1. The topological polar surface area (TPSA) is 55.2 Å². The summed E-state index contributed by atoms with van der Waals surface area (Å²) >= 11 is 0. The Balaban J connectivity index is 3.05. The minimum atomic E-state index is -2.63. The molecule has 0 unspecified atom stereocenters. The zero-order chi connectivity index (χ0) is 12.3. The predicted molar refractivity (Wildman–Crippen MR) is 52.3 cm³/mol. The molecule has 0 saturated carbocycles. The first-order chi connectivity index (χ1) is 7.41. The van der Waals surface area contributed by atoms with Gasteiger partial charge >= 0.3 is 0 Å². The molecule has 0 atom stereocenters. The highest BCUT2D eigenvalue weighted by Crippen LogP contribution is 2.27. The summed E-state index contributed by atoms with van der Waals surface area (Å²) in [5.41, 5.74) is -0.504. The number of hydrogen-bond acceptors (Lipinski definition) is 3. The number of aryl methyl sites for hydroxylation is 1. The monoisotopic (exact) mass is 234 g/mol. The second-order valence-electron chi connectivity index (χ2n) is 3.15. The van der Waals surface area contributed by atoms with E-state index in [1.807, 2.05) is 0 Å². The fraction of sp³-hybridized carbons (Fsp3) is 0.333. The molecule has 7 heteroatoms. The summed E-state index contributed by atoms with van der Waals surface area (Å²) in [5.74, 6) is -0.741. The van der Waals surface area contributed by atoms with Crippen LogP contribution in [-0.2, 0) is 0 Å². The summed E-state index contributed by atoms with van der Waals surface area (Å²) < 4.78 is 36.9. The highest BCUT2D eigenvalue weighted by Gasteiger charge is 2.17. The summed E-state index contributed by atoms with van der Waals surface area (Å²) in [6.45, 7) is 0.679. The molecule has 88 valence electrons. The SMILES string of the molecule is Cc1cc(NCC(F)F)c([N+](=O)[O-])cc1F. The molecule has 0 fully saturated rings. The number of benzene rings is 1. The molecule has 0 aliphatic heterocycles. The van der Waals surface area contributed by atoms with Crippen molar-refractivity contribution in [1.82, 2.24) is 0 Å². The number of hydrogen-bond donors (Lipinski definition) is 1. The van der Waals surface area contributed by atoms with Crippen molar-refractivity contribution in [1.29, 1.82) is 0 Å². The van der Waals surface area contributed by atoms with E-state index in [0.29, 0.717) is 6.07 Å². The van der Waals surface area contributed by atoms with E-state index in [9.17, 15) is 23.3 Å². The molecule has 0 bridgehead atoms. The molecule has 16 heavy (non-hydrogen) atoms. The molecule has 0 radical (unpaired) electrons. The zero-order valence-electron chi connectivity index (χ0n) is 8.34. The number of nitrogens with zero attached hydrogens (tertiary/aromatic N) is 1. The lowest BCUT2D eigenvalue weighted by molar-refractivity contribution is -0.384. The Hall–Kier alpha value is -1.79. The van der Waals surface area contributed by atoms with Crippen LogP contribution in [0.2, 0.25) is 0 Å². The van der Waals surface area contributed by atoms with Crippen LogP contribution in [0.4, 0.5) is 24.5 Å². The van der Waals surface area contributed by atoms with Gasteiger partial charge < -0.3 is 5.32 Å². The van der Waals surface area contributed by atoms with Crippen molar-refractivity contribution in [2.75, 3.05) is 11.9 Å². The number of rotatable bonds is 4. The average molecular weight is 234 g/mol. The summed E-state index contributed by atoms with van der Waals surface area (Å²) in [4.78, 5) is 9.72. The minimum Gasteiger partial charge on any atom is -0.374 e. The maximum Gasteiger partial charge on any atom is 0.295 e. The van der Waals surface area contributed by atoms with Gasteiger partial charge in [0.25, 0.3) is 12.1 Å². The largest absolute Gasteiger partial charge is 0.374 e. The van der Waals surface area contributed by atoms with Gasteiger partial charge in [-0.2, -0.15) is 0 Å². The highest BCUT2D eigenvalue weighted by atomic mass is 19.3. The molecule has 1 N–H and O–H groups in total. The van der Waals surface area contributed by atoms with Gasteiger partial charge in [0.05, 0.1) is 17.5 Å². The number of alkyl halides is 2. The Labute approximate surface area is 89.2 Å². The van der Waals surface area contributed by atoms with Crippen molar-refractivity contribution in [2.45, 2.75) is 13.3 Å². The third-order valence-electron chi connectivity index (χ3n) is 1.92. The van der Waals surface area contributed by atoms with Crippen molar-refractivity contribution >= 4 is 11.4 Å². The molecular weight excluding hydrogens is 225 g/mol.